The van der Waals surface area contributed by atoms with Gasteiger partial charge in [-0.1, -0.05) is 18.5 Å². The van der Waals surface area contributed by atoms with E-state index in [9.17, 15) is 4.79 Å². The highest BCUT2D eigenvalue weighted by Crippen LogP contribution is 2.27. The second kappa shape index (κ2) is 9.02. The molecule has 1 saturated heterocycles. The Morgan fingerprint density at radius 2 is 2.07 bits per heavy atom. The van der Waals surface area contributed by atoms with Gasteiger partial charge < -0.3 is 14.3 Å². The molecule has 6 nitrogen and oxygen atoms in total. The number of hydrogen-bond acceptors (Lipinski definition) is 5. The van der Waals surface area contributed by atoms with Crippen LogP contribution in [-0.4, -0.2) is 47.1 Å². The van der Waals surface area contributed by atoms with Crippen molar-refractivity contribution in [3.63, 3.8) is 0 Å². The lowest BCUT2D eigenvalue weighted by atomic mass is 9.97. The number of aromatic nitrogens is 2. The number of rotatable bonds is 7. The summed E-state index contributed by atoms with van der Waals surface area (Å²) in [5.74, 6) is 1.51. The molecule has 146 valence electrons. The summed E-state index contributed by atoms with van der Waals surface area (Å²) in [6, 6.07) is 8.03. The van der Waals surface area contributed by atoms with E-state index in [0.29, 0.717) is 18.3 Å². The maximum atomic E-state index is 13.0. The first-order valence-corrected chi connectivity index (χ1v) is 10.1. The third-order valence-electron chi connectivity index (χ3n) is 5.24. The first-order valence-electron chi connectivity index (χ1n) is 10.1. The van der Waals surface area contributed by atoms with Gasteiger partial charge in [-0.2, -0.15) is 4.98 Å². The van der Waals surface area contributed by atoms with Crippen molar-refractivity contribution in [2.24, 2.45) is 0 Å². The summed E-state index contributed by atoms with van der Waals surface area (Å²) in [6.07, 6.45) is 4.30. The summed E-state index contributed by atoms with van der Waals surface area (Å²) in [6.45, 7) is 9.64. The maximum absolute atomic E-state index is 13.0. The molecule has 0 aliphatic carbocycles. The quantitative estimate of drug-likeness (QED) is 0.736. The highest BCUT2D eigenvalue weighted by molar-refractivity contribution is 5.94. The molecule has 3 rings (SSSR count). The minimum Gasteiger partial charge on any atom is -0.372 e. The molecular formula is C21H30N4O2. The number of amides is 1. The number of aryl methyl sites for hydroxylation is 1. The van der Waals surface area contributed by atoms with Crippen LogP contribution in [0.25, 0.3) is 0 Å². The van der Waals surface area contributed by atoms with Gasteiger partial charge in [0.05, 0.1) is 5.92 Å². The van der Waals surface area contributed by atoms with Gasteiger partial charge in [0.1, 0.15) is 0 Å². The van der Waals surface area contributed by atoms with Gasteiger partial charge >= 0.3 is 0 Å². The number of nitrogens with zero attached hydrogens (tertiary/aromatic N) is 4. The van der Waals surface area contributed by atoms with Crippen molar-refractivity contribution in [3.05, 3.63) is 41.5 Å². The van der Waals surface area contributed by atoms with Crippen molar-refractivity contribution in [2.75, 3.05) is 31.1 Å². The van der Waals surface area contributed by atoms with Crippen LogP contribution in [0.2, 0.25) is 0 Å². The Balaban J connectivity index is 1.66. The summed E-state index contributed by atoms with van der Waals surface area (Å²) >= 11 is 0. The third kappa shape index (κ3) is 4.67. The van der Waals surface area contributed by atoms with Gasteiger partial charge in [-0.3, -0.25) is 4.79 Å². The Kier molecular flexibility index (Phi) is 6.48. The predicted molar refractivity (Wildman–Crippen MR) is 106 cm³/mol. The monoisotopic (exact) mass is 370 g/mol. The SMILES string of the molecule is CCCCN(CC)c1ccc(C(=O)N2CCCC(c3nc(C)no3)C2)cc1. The summed E-state index contributed by atoms with van der Waals surface area (Å²) in [5, 5.41) is 3.88. The van der Waals surface area contributed by atoms with Crippen molar-refractivity contribution in [1.29, 1.82) is 0 Å². The van der Waals surface area contributed by atoms with Gasteiger partial charge in [-0.15, -0.1) is 0 Å². The lowest BCUT2D eigenvalue weighted by molar-refractivity contribution is 0.0695. The summed E-state index contributed by atoms with van der Waals surface area (Å²) in [5.41, 5.74) is 1.92. The molecule has 0 bridgehead atoms. The van der Waals surface area contributed by atoms with Crippen LogP contribution in [0.15, 0.2) is 28.8 Å². The van der Waals surface area contributed by atoms with Gasteiger partial charge in [0, 0.05) is 37.4 Å². The smallest absolute Gasteiger partial charge is 0.253 e. The van der Waals surface area contributed by atoms with E-state index >= 15 is 0 Å². The number of likely N-dealkylation sites (tertiary alicyclic amines) is 1. The number of carbonyl (C=O) groups excluding carboxylic acids is 1. The standard InChI is InChI=1S/C21H30N4O2/c1-4-6-13-24(5-2)19-11-9-17(10-12-19)21(26)25-14-7-8-18(15-25)20-22-16(3)23-27-20/h9-12,18H,4-8,13-15H2,1-3H3. The summed E-state index contributed by atoms with van der Waals surface area (Å²) < 4.78 is 5.32. The van der Waals surface area contributed by atoms with E-state index in [0.717, 1.165) is 38.0 Å². The Morgan fingerprint density at radius 1 is 1.30 bits per heavy atom. The molecule has 2 aromatic rings. The zero-order chi connectivity index (χ0) is 19.2. The van der Waals surface area contributed by atoms with Crippen LogP contribution in [-0.2, 0) is 0 Å². The number of carbonyl (C=O) groups is 1. The summed E-state index contributed by atoms with van der Waals surface area (Å²) in [4.78, 5) is 21.6. The molecule has 1 amide bonds. The van der Waals surface area contributed by atoms with Crippen molar-refractivity contribution in [1.82, 2.24) is 15.0 Å². The second-order valence-corrected chi connectivity index (χ2v) is 7.25. The van der Waals surface area contributed by atoms with Crippen molar-refractivity contribution >= 4 is 11.6 Å². The lowest BCUT2D eigenvalue weighted by Gasteiger charge is -2.31. The topological polar surface area (TPSA) is 62.5 Å². The molecule has 0 radical (unpaired) electrons. The molecule has 1 aliphatic rings. The van der Waals surface area contributed by atoms with E-state index in [1.54, 1.807) is 0 Å². The Hall–Kier alpha value is -2.37. The molecular weight excluding hydrogens is 340 g/mol. The fraction of sp³-hybridized carbons (Fsp3) is 0.571. The molecule has 1 unspecified atom stereocenters. The maximum Gasteiger partial charge on any atom is 0.253 e. The van der Waals surface area contributed by atoms with Gasteiger partial charge in [0.15, 0.2) is 5.82 Å². The van der Waals surface area contributed by atoms with Crippen LogP contribution in [0.4, 0.5) is 5.69 Å². The third-order valence-corrected chi connectivity index (χ3v) is 5.24. The molecule has 1 aromatic heterocycles. The second-order valence-electron chi connectivity index (χ2n) is 7.25. The van der Waals surface area contributed by atoms with Gasteiger partial charge in [-0.25, -0.2) is 0 Å². The molecule has 6 heteroatoms. The lowest BCUT2D eigenvalue weighted by Crippen LogP contribution is -2.39. The highest BCUT2D eigenvalue weighted by atomic mass is 16.5. The van der Waals surface area contributed by atoms with Gasteiger partial charge in [-0.05, 0) is 57.4 Å². The van der Waals surface area contributed by atoms with Crippen molar-refractivity contribution in [2.45, 2.75) is 52.4 Å². The minimum atomic E-state index is 0.0825. The average molecular weight is 370 g/mol. The van der Waals surface area contributed by atoms with E-state index in [1.807, 2.05) is 24.0 Å². The fourth-order valence-corrected chi connectivity index (χ4v) is 3.66. The first kappa shape index (κ1) is 19.4. The molecule has 1 atom stereocenters. The van der Waals surface area contributed by atoms with E-state index < -0.39 is 0 Å². The molecule has 1 fully saturated rings. The predicted octanol–water partition coefficient (Wildman–Crippen LogP) is 4.02. The molecule has 1 aliphatic heterocycles. The number of benzene rings is 1. The highest BCUT2D eigenvalue weighted by Gasteiger charge is 2.28. The molecule has 1 aromatic carbocycles. The van der Waals surface area contributed by atoms with Crippen LogP contribution >= 0.6 is 0 Å². The van der Waals surface area contributed by atoms with Crippen molar-refractivity contribution in [3.8, 4) is 0 Å². The van der Waals surface area contributed by atoms with E-state index in [4.69, 9.17) is 4.52 Å². The van der Waals surface area contributed by atoms with Crippen LogP contribution in [0.5, 0.6) is 0 Å². The number of piperidine rings is 1. The minimum absolute atomic E-state index is 0.0825. The number of anilines is 1. The number of unbranched alkanes of at least 4 members (excludes halogenated alkanes) is 1. The Bertz CT molecular complexity index is 741. The Labute approximate surface area is 161 Å². The normalized spacial score (nSPS) is 17.1. The van der Waals surface area contributed by atoms with Crippen LogP contribution in [0.1, 0.15) is 67.5 Å². The van der Waals surface area contributed by atoms with E-state index in [1.165, 1.54) is 18.5 Å². The molecule has 0 saturated carbocycles. The van der Waals surface area contributed by atoms with Crippen molar-refractivity contribution < 1.29 is 9.32 Å². The molecule has 2 heterocycles. The van der Waals surface area contributed by atoms with Gasteiger partial charge in [0.25, 0.3) is 5.91 Å². The number of hydrogen-bond donors (Lipinski definition) is 0. The zero-order valence-electron chi connectivity index (χ0n) is 16.6. The molecule has 27 heavy (non-hydrogen) atoms. The Morgan fingerprint density at radius 3 is 2.70 bits per heavy atom. The average Bonchev–Trinajstić information content (AvgIpc) is 3.15. The summed E-state index contributed by atoms with van der Waals surface area (Å²) in [7, 11) is 0. The van der Waals surface area contributed by atoms with Crippen LogP contribution < -0.4 is 4.90 Å². The molecule has 0 N–H and O–H groups in total. The zero-order valence-corrected chi connectivity index (χ0v) is 16.6. The van der Waals surface area contributed by atoms with Gasteiger partial charge in [0.2, 0.25) is 5.89 Å². The van der Waals surface area contributed by atoms with Crippen LogP contribution in [0, 0.1) is 6.92 Å². The van der Waals surface area contributed by atoms with E-state index in [2.05, 4.69) is 41.0 Å². The molecule has 0 spiro atoms. The first-order chi connectivity index (χ1) is 13.1. The largest absolute Gasteiger partial charge is 0.372 e. The fourth-order valence-electron chi connectivity index (χ4n) is 3.66. The van der Waals surface area contributed by atoms with E-state index in [-0.39, 0.29) is 11.8 Å². The van der Waals surface area contributed by atoms with Crippen LogP contribution in [0.3, 0.4) is 0 Å².